The number of hydrogen-bond donors (Lipinski definition) is 4. The monoisotopic (exact) mass is 192 g/mol. The second kappa shape index (κ2) is 2.88. The Morgan fingerprint density at radius 2 is 1.92 bits per heavy atom. The topological polar surface area (TPSA) is 99.4 Å². The zero-order chi connectivity index (χ0) is 9.64. The van der Waals surface area contributed by atoms with Crippen molar-refractivity contribution in [3.05, 3.63) is 0 Å². The van der Waals surface area contributed by atoms with E-state index in [2.05, 4.69) is 0 Å². The number of fused-ring (bicyclic) bond motifs is 2. The minimum atomic E-state index is -1.55. The Balaban J connectivity index is 2.25. The molecule has 2 aliphatic heterocycles. The molecule has 0 radical (unpaired) electrons. The largest absolute Gasteiger partial charge is 0.391 e. The lowest BCUT2D eigenvalue weighted by Crippen LogP contribution is -2.62. The maximum Gasteiger partial charge on any atom is 0.221 e. The van der Waals surface area contributed by atoms with Gasteiger partial charge in [-0.3, -0.25) is 0 Å². The van der Waals surface area contributed by atoms with Crippen molar-refractivity contribution in [3.8, 4) is 0 Å². The summed E-state index contributed by atoms with van der Waals surface area (Å²) in [5, 5.41) is 37.1. The molecule has 6 heteroatoms. The number of aliphatic hydroxyl groups is 4. The molecule has 2 saturated heterocycles. The fourth-order valence-electron chi connectivity index (χ4n) is 1.71. The standard InChI is InChI=1S/C7H12O6/c8-2-7-6(11)5(10)4(9)3(13-7)1-12-7/h3-6,8-11H,1-2H2/t3-,4+,5-,6-,7-/m0/s1. The summed E-state index contributed by atoms with van der Waals surface area (Å²) in [6, 6.07) is 0. The predicted octanol–water partition coefficient (Wildman–Crippen LogP) is -2.81. The van der Waals surface area contributed by atoms with E-state index in [1.807, 2.05) is 0 Å². The van der Waals surface area contributed by atoms with Gasteiger partial charge in [0.15, 0.2) is 0 Å². The SMILES string of the molecule is OC[C@]12OC[C@H](O1)[C@@H](O)[C@H](O)[C@@H]2O. The van der Waals surface area contributed by atoms with Gasteiger partial charge in [-0.25, -0.2) is 0 Å². The van der Waals surface area contributed by atoms with Gasteiger partial charge in [0, 0.05) is 0 Å². The van der Waals surface area contributed by atoms with E-state index in [0.29, 0.717) is 0 Å². The molecular weight excluding hydrogens is 180 g/mol. The van der Waals surface area contributed by atoms with E-state index in [1.165, 1.54) is 0 Å². The molecule has 2 fully saturated rings. The lowest BCUT2D eigenvalue weighted by Gasteiger charge is -2.39. The summed E-state index contributed by atoms with van der Waals surface area (Å²) in [4.78, 5) is 0. The Labute approximate surface area is 74.3 Å². The van der Waals surface area contributed by atoms with Gasteiger partial charge in [-0.05, 0) is 0 Å². The maximum atomic E-state index is 9.47. The molecule has 2 bridgehead atoms. The van der Waals surface area contributed by atoms with Crippen molar-refractivity contribution in [1.82, 2.24) is 0 Å². The van der Waals surface area contributed by atoms with Crippen LogP contribution < -0.4 is 0 Å². The van der Waals surface area contributed by atoms with E-state index >= 15 is 0 Å². The average molecular weight is 192 g/mol. The molecule has 0 saturated carbocycles. The number of ether oxygens (including phenoxy) is 2. The van der Waals surface area contributed by atoms with Crippen LogP contribution in [-0.2, 0) is 9.47 Å². The molecule has 0 aromatic carbocycles. The van der Waals surface area contributed by atoms with Crippen LogP contribution in [0.4, 0.5) is 0 Å². The Bertz CT molecular complexity index is 209. The molecule has 0 aromatic heterocycles. The molecule has 6 nitrogen and oxygen atoms in total. The van der Waals surface area contributed by atoms with Crippen molar-refractivity contribution in [3.63, 3.8) is 0 Å². The Morgan fingerprint density at radius 1 is 1.23 bits per heavy atom. The van der Waals surface area contributed by atoms with Gasteiger partial charge in [0.1, 0.15) is 31.0 Å². The van der Waals surface area contributed by atoms with Crippen molar-refractivity contribution >= 4 is 0 Å². The first-order chi connectivity index (χ1) is 6.10. The van der Waals surface area contributed by atoms with Gasteiger partial charge in [-0.2, -0.15) is 0 Å². The van der Waals surface area contributed by atoms with Crippen LogP contribution in [0.5, 0.6) is 0 Å². The average Bonchev–Trinajstić information content (AvgIpc) is 2.55. The highest BCUT2D eigenvalue weighted by Crippen LogP contribution is 2.36. The summed E-state index contributed by atoms with van der Waals surface area (Å²) in [5.41, 5.74) is 0. The van der Waals surface area contributed by atoms with Crippen molar-refractivity contribution in [2.75, 3.05) is 13.2 Å². The van der Waals surface area contributed by atoms with Gasteiger partial charge in [0.25, 0.3) is 0 Å². The van der Waals surface area contributed by atoms with E-state index in [4.69, 9.17) is 14.6 Å². The fraction of sp³-hybridized carbons (Fsp3) is 1.00. The van der Waals surface area contributed by atoms with Crippen molar-refractivity contribution in [1.29, 1.82) is 0 Å². The van der Waals surface area contributed by atoms with Crippen LogP contribution in [0, 0.1) is 0 Å². The predicted molar refractivity (Wildman–Crippen MR) is 38.7 cm³/mol. The highest BCUT2D eigenvalue weighted by atomic mass is 16.8. The quantitative estimate of drug-likeness (QED) is 0.358. The van der Waals surface area contributed by atoms with Crippen molar-refractivity contribution in [2.45, 2.75) is 30.2 Å². The Kier molecular flexibility index (Phi) is 2.06. The molecule has 2 aliphatic rings. The van der Waals surface area contributed by atoms with Crippen LogP contribution in [0.15, 0.2) is 0 Å². The highest BCUT2D eigenvalue weighted by molar-refractivity contribution is 5.00. The first kappa shape index (κ1) is 9.32. The molecule has 0 spiro atoms. The van der Waals surface area contributed by atoms with Crippen LogP contribution in [0.2, 0.25) is 0 Å². The summed E-state index contributed by atoms with van der Waals surface area (Å²) in [7, 11) is 0. The van der Waals surface area contributed by atoms with Crippen LogP contribution >= 0.6 is 0 Å². The molecule has 13 heavy (non-hydrogen) atoms. The molecule has 0 amide bonds. The zero-order valence-corrected chi connectivity index (χ0v) is 6.83. The van der Waals surface area contributed by atoms with Gasteiger partial charge >= 0.3 is 0 Å². The van der Waals surface area contributed by atoms with Gasteiger partial charge < -0.3 is 29.9 Å². The van der Waals surface area contributed by atoms with Gasteiger partial charge in [-0.1, -0.05) is 0 Å². The van der Waals surface area contributed by atoms with Crippen LogP contribution in [0.3, 0.4) is 0 Å². The molecule has 0 aliphatic carbocycles. The third kappa shape index (κ3) is 1.11. The lowest BCUT2D eigenvalue weighted by molar-refractivity contribution is -0.305. The van der Waals surface area contributed by atoms with Crippen molar-refractivity contribution in [2.24, 2.45) is 0 Å². The van der Waals surface area contributed by atoms with E-state index in [9.17, 15) is 15.3 Å². The fourth-order valence-corrected chi connectivity index (χ4v) is 1.71. The third-order valence-corrected chi connectivity index (χ3v) is 2.57. The summed E-state index contributed by atoms with van der Waals surface area (Å²) in [6.45, 7) is -0.482. The molecule has 2 heterocycles. The maximum absolute atomic E-state index is 9.47. The zero-order valence-electron chi connectivity index (χ0n) is 6.83. The Morgan fingerprint density at radius 3 is 2.54 bits per heavy atom. The van der Waals surface area contributed by atoms with Crippen LogP contribution in [0.1, 0.15) is 0 Å². The molecule has 0 unspecified atom stereocenters. The highest BCUT2D eigenvalue weighted by Gasteiger charge is 2.58. The van der Waals surface area contributed by atoms with Gasteiger partial charge in [0.05, 0.1) is 6.61 Å². The third-order valence-electron chi connectivity index (χ3n) is 2.57. The lowest BCUT2D eigenvalue weighted by atomic mass is 9.95. The van der Waals surface area contributed by atoms with Crippen molar-refractivity contribution < 1.29 is 29.9 Å². The molecule has 76 valence electrons. The minimum Gasteiger partial charge on any atom is -0.391 e. The van der Waals surface area contributed by atoms with E-state index in [1.54, 1.807) is 0 Å². The normalized spacial score (nSPS) is 55.4. The Hall–Kier alpha value is -0.240. The summed E-state index contributed by atoms with van der Waals surface area (Å²) < 4.78 is 10.1. The second-order valence-electron chi connectivity index (χ2n) is 3.36. The smallest absolute Gasteiger partial charge is 0.221 e. The molecule has 4 N–H and O–H groups in total. The summed E-state index contributed by atoms with van der Waals surface area (Å²) in [6.07, 6.45) is -4.61. The minimum absolute atomic E-state index is 0.0653. The second-order valence-corrected chi connectivity index (χ2v) is 3.36. The first-order valence-corrected chi connectivity index (χ1v) is 4.07. The van der Waals surface area contributed by atoms with E-state index < -0.39 is 36.8 Å². The number of aliphatic hydroxyl groups excluding tert-OH is 4. The van der Waals surface area contributed by atoms with Crippen LogP contribution in [-0.4, -0.2) is 63.8 Å². The van der Waals surface area contributed by atoms with Gasteiger partial charge in [0.2, 0.25) is 5.79 Å². The molecular formula is C7H12O6. The molecule has 0 aromatic rings. The van der Waals surface area contributed by atoms with Crippen LogP contribution in [0.25, 0.3) is 0 Å². The number of hydrogen-bond acceptors (Lipinski definition) is 6. The van der Waals surface area contributed by atoms with E-state index in [0.717, 1.165) is 0 Å². The molecule has 5 atom stereocenters. The number of rotatable bonds is 1. The van der Waals surface area contributed by atoms with E-state index in [-0.39, 0.29) is 6.61 Å². The van der Waals surface area contributed by atoms with Gasteiger partial charge in [-0.15, -0.1) is 0 Å². The summed E-state index contributed by atoms with van der Waals surface area (Å²) >= 11 is 0. The first-order valence-electron chi connectivity index (χ1n) is 4.07. The molecule has 2 rings (SSSR count). The summed E-state index contributed by atoms with van der Waals surface area (Å²) in [5.74, 6) is -1.55.